The van der Waals surface area contributed by atoms with E-state index in [9.17, 15) is 0 Å². The second-order valence-corrected chi connectivity index (χ2v) is 3.95. The van der Waals surface area contributed by atoms with Crippen molar-refractivity contribution in [3.05, 3.63) is 23.5 Å². The number of hydrogen-bond donors (Lipinski definition) is 1. The topological polar surface area (TPSA) is 38.9 Å². The van der Waals surface area contributed by atoms with E-state index in [-0.39, 0.29) is 0 Å². The summed E-state index contributed by atoms with van der Waals surface area (Å²) >= 11 is 0. The average Bonchev–Trinajstić information content (AvgIpc) is 2.63. The molecule has 2 bridgehead atoms. The van der Waals surface area contributed by atoms with Crippen LogP contribution in [-0.2, 0) is 0 Å². The third-order valence-corrected chi connectivity index (χ3v) is 3.23. The molecule has 0 spiro atoms. The van der Waals surface area contributed by atoms with Crippen LogP contribution in [0.4, 0.5) is 5.69 Å². The molecule has 1 heterocycles. The van der Waals surface area contributed by atoms with Gasteiger partial charge < -0.3 is 5.73 Å². The van der Waals surface area contributed by atoms with Gasteiger partial charge in [-0.3, -0.25) is 4.98 Å². The van der Waals surface area contributed by atoms with Gasteiger partial charge in [0, 0.05) is 11.6 Å². The Hall–Kier alpha value is -1.05. The molecule has 2 nitrogen and oxygen atoms in total. The summed E-state index contributed by atoms with van der Waals surface area (Å²) in [6, 6.07) is 2.12. The molecule has 2 aliphatic carbocycles. The standard InChI is InChI=1S/C10H12N2/c11-8-4-9-6-1-2-7(3-6)10(9)12-5-8/h4-7H,1-3,11H2/t6-,7+/m1/s1. The molecule has 0 unspecified atom stereocenters. The minimum atomic E-state index is 0.755. The van der Waals surface area contributed by atoms with Gasteiger partial charge in [0.2, 0.25) is 0 Å². The number of anilines is 1. The summed E-state index contributed by atoms with van der Waals surface area (Å²) in [6.45, 7) is 0. The fourth-order valence-electron chi connectivity index (χ4n) is 2.69. The summed E-state index contributed by atoms with van der Waals surface area (Å²) < 4.78 is 0. The van der Waals surface area contributed by atoms with Crippen LogP contribution in [0.2, 0.25) is 0 Å². The molecular formula is C10H12N2. The molecule has 12 heavy (non-hydrogen) atoms. The molecule has 1 fully saturated rings. The van der Waals surface area contributed by atoms with Gasteiger partial charge in [-0.05, 0) is 36.8 Å². The van der Waals surface area contributed by atoms with Gasteiger partial charge >= 0.3 is 0 Å². The van der Waals surface area contributed by atoms with Crippen molar-refractivity contribution >= 4 is 5.69 Å². The van der Waals surface area contributed by atoms with Crippen molar-refractivity contribution in [2.75, 3.05) is 5.73 Å². The van der Waals surface area contributed by atoms with E-state index in [2.05, 4.69) is 11.1 Å². The predicted molar refractivity (Wildman–Crippen MR) is 48.0 cm³/mol. The zero-order valence-corrected chi connectivity index (χ0v) is 6.96. The summed E-state index contributed by atoms with van der Waals surface area (Å²) in [5, 5.41) is 0. The molecule has 0 radical (unpaired) electrons. The minimum Gasteiger partial charge on any atom is -0.397 e. The average molecular weight is 160 g/mol. The number of nitrogens with zero attached hydrogens (tertiary/aromatic N) is 1. The molecule has 1 saturated carbocycles. The molecule has 1 aromatic heterocycles. The molecule has 2 N–H and O–H groups in total. The van der Waals surface area contributed by atoms with Gasteiger partial charge in [0.1, 0.15) is 0 Å². The Balaban J connectivity index is 2.20. The van der Waals surface area contributed by atoms with Crippen LogP contribution in [0.1, 0.15) is 42.4 Å². The van der Waals surface area contributed by atoms with Crippen molar-refractivity contribution in [3.8, 4) is 0 Å². The smallest absolute Gasteiger partial charge is 0.0503 e. The number of hydrogen-bond acceptors (Lipinski definition) is 2. The highest BCUT2D eigenvalue weighted by Gasteiger charge is 2.37. The first-order valence-electron chi connectivity index (χ1n) is 4.60. The van der Waals surface area contributed by atoms with E-state index in [1.807, 2.05) is 0 Å². The number of nitrogens with two attached hydrogens (primary N) is 1. The van der Waals surface area contributed by atoms with E-state index < -0.39 is 0 Å². The molecule has 2 heteroatoms. The lowest BCUT2D eigenvalue weighted by molar-refractivity contribution is 0.697. The quantitative estimate of drug-likeness (QED) is 0.630. The molecule has 62 valence electrons. The zero-order chi connectivity index (χ0) is 8.13. The van der Waals surface area contributed by atoms with Gasteiger partial charge in [0.05, 0.1) is 11.9 Å². The number of pyridine rings is 1. The maximum absolute atomic E-state index is 5.70. The fraction of sp³-hybridized carbons (Fsp3) is 0.500. The van der Waals surface area contributed by atoms with Gasteiger partial charge in [-0.1, -0.05) is 0 Å². The van der Waals surface area contributed by atoms with Crippen LogP contribution in [0.15, 0.2) is 12.3 Å². The van der Waals surface area contributed by atoms with Crippen LogP contribution in [0, 0.1) is 0 Å². The second-order valence-electron chi connectivity index (χ2n) is 3.95. The molecule has 0 saturated heterocycles. The molecule has 2 aliphatic rings. The summed E-state index contributed by atoms with van der Waals surface area (Å²) in [7, 11) is 0. The highest BCUT2D eigenvalue weighted by Crippen LogP contribution is 2.52. The van der Waals surface area contributed by atoms with Crippen LogP contribution in [-0.4, -0.2) is 4.98 Å². The first-order valence-corrected chi connectivity index (χ1v) is 4.60. The normalized spacial score (nSPS) is 30.7. The Bertz CT molecular complexity index is 333. The van der Waals surface area contributed by atoms with Crippen LogP contribution in [0.25, 0.3) is 0 Å². The number of rotatable bonds is 0. The number of nitrogen functional groups attached to an aromatic ring is 1. The number of fused-ring (bicyclic) bond motifs is 5. The maximum Gasteiger partial charge on any atom is 0.0503 e. The van der Waals surface area contributed by atoms with Gasteiger partial charge in [-0.25, -0.2) is 0 Å². The predicted octanol–water partition coefficient (Wildman–Crippen LogP) is 2.03. The van der Waals surface area contributed by atoms with Gasteiger partial charge in [0.25, 0.3) is 0 Å². The third-order valence-electron chi connectivity index (χ3n) is 3.23. The Morgan fingerprint density at radius 3 is 3.08 bits per heavy atom. The van der Waals surface area contributed by atoms with E-state index in [0.717, 1.165) is 17.5 Å². The third kappa shape index (κ3) is 0.675. The first-order chi connectivity index (χ1) is 5.84. The molecule has 0 aromatic carbocycles. The van der Waals surface area contributed by atoms with Crippen molar-refractivity contribution in [2.24, 2.45) is 0 Å². The van der Waals surface area contributed by atoms with Crippen LogP contribution < -0.4 is 5.73 Å². The van der Waals surface area contributed by atoms with Crippen LogP contribution in [0.5, 0.6) is 0 Å². The zero-order valence-electron chi connectivity index (χ0n) is 6.96. The Labute approximate surface area is 71.8 Å². The lowest BCUT2D eigenvalue weighted by atomic mass is 9.96. The molecular weight excluding hydrogens is 148 g/mol. The van der Waals surface area contributed by atoms with Crippen molar-refractivity contribution in [2.45, 2.75) is 31.1 Å². The Morgan fingerprint density at radius 2 is 2.17 bits per heavy atom. The van der Waals surface area contributed by atoms with Crippen LogP contribution in [0.3, 0.4) is 0 Å². The largest absolute Gasteiger partial charge is 0.397 e. The molecule has 2 atom stereocenters. The number of aromatic nitrogens is 1. The van der Waals surface area contributed by atoms with Crippen molar-refractivity contribution < 1.29 is 0 Å². The van der Waals surface area contributed by atoms with Crippen molar-refractivity contribution in [3.63, 3.8) is 0 Å². The highest BCUT2D eigenvalue weighted by atomic mass is 14.8. The Kier molecular flexibility index (Phi) is 1.08. The van der Waals surface area contributed by atoms with E-state index in [1.165, 1.54) is 30.5 Å². The lowest BCUT2D eigenvalue weighted by Crippen LogP contribution is -2.01. The molecule has 0 amide bonds. The Morgan fingerprint density at radius 1 is 1.33 bits per heavy atom. The summed E-state index contributed by atoms with van der Waals surface area (Å²) in [6.07, 6.45) is 5.81. The molecule has 3 rings (SSSR count). The second kappa shape index (κ2) is 2.00. The lowest BCUT2D eigenvalue weighted by Gasteiger charge is -2.13. The van der Waals surface area contributed by atoms with E-state index in [0.29, 0.717) is 0 Å². The van der Waals surface area contributed by atoms with E-state index >= 15 is 0 Å². The van der Waals surface area contributed by atoms with E-state index in [4.69, 9.17) is 5.73 Å². The minimum absolute atomic E-state index is 0.755. The monoisotopic (exact) mass is 160 g/mol. The first kappa shape index (κ1) is 6.46. The van der Waals surface area contributed by atoms with Crippen LogP contribution >= 0.6 is 0 Å². The summed E-state index contributed by atoms with van der Waals surface area (Å²) in [5.41, 5.74) is 9.29. The maximum atomic E-state index is 5.70. The summed E-state index contributed by atoms with van der Waals surface area (Å²) in [4.78, 5) is 4.42. The van der Waals surface area contributed by atoms with Gasteiger partial charge in [-0.2, -0.15) is 0 Å². The molecule has 1 aromatic rings. The summed E-state index contributed by atoms with van der Waals surface area (Å²) in [5.74, 6) is 1.53. The highest BCUT2D eigenvalue weighted by molar-refractivity contribution is 5.46. The van der Waals surface area contributed by atoms with Gasteiger partial charge in [-0.15, -0.1) is 0 Å². The van der Waals surface area contributed by atoms with E-state index in [1.54, 1.807) is 6.20 Å². The van der Waals surface area contributed by atoms with Gasteiger partial charge in [0.15, 0.2) is 0 Å². The SMILES string of the molecule is Nc1cnc2c(c1)[C@@H]1CC[C@H]2C1. The van der Waals surface area contributed by atoms with Crippen molar-refractivity contribution in [1.82, 2.24) is 4.98 Å². The van der Waals surface area contributed by atoms with Crippen molar-refractivity contribution in [1.29, 1.82) is 0 Å². The molecule has 0 aliphatic heterocycles. The fourth-order valence-corrected chi connectivity index (χ4v) is 2.69.